The van der Waals surface area contributed by atoms with E-state index in [2.05, 4.69) is 0 Å². The molecule has 1 aliphatic rings. The monoisotopic (exact) mass is 334 g/mol. The highest BCUT2D eigenvalue weighted by atomic mass is 19.4. The van der Waals surface area contributed by atoms with E-state index >= 15 is 0 Å². The number of alkyl halides is 3. The third-order valence-electron chi connectivity index (χ3n) is 4.33. The first-order valence-electron chi connectivity index (χ1n) is 7.13. The lowest BCUT2D eigenvalue weighted by molar-refractivity contribution is -0.137. The van der Waals surface area contributed by atoms with Gasteiger partial charge in [-0.25, -0.2) is 4.39 Å². The number of halogens is 4. The quantitative estimate of drug-likeness (QED) is 0.627. The molecule has 8 heteroatoms. The van der Waals surface area contributed by atoms with E-state index in [-0.39, 0.29) is 17.6 Å². The van der Waals surface area contributed by atoms with Crippen molar-refractivity contribution in [2.24, 2.45) is 0 Å². The zero-order valence-electron chi connectivity index (χ0n) is 13.7. The molecule has 23 heavy (non-hydrogen) atoms. The zero-order chi connectivity index (χ0) is 17.6. The molecular weight excluding hydrogens is 315 g/mol. The Balaban J connectivity index is 2.54. The lowest BCUT2D eigenvalue weighted by Crippen LogP contribution is -2.41. The van der Waals surface area contributed by atoms with Crippen LogP contribution in [0.25, 0.3) is 0 Å². The van der Waals surface area contributed by atoms with Gasteiger partial charge in [0.1, 0.15) is 5.82 Å². The summed E-state index contributed by atoms with van der Waals surface area (Å²) < 4.78 is 69.9. The predicted molar refractivity (Wildman–Crippen MR) is 77.8 cm³/mol. The predicted octanol–water partition coefficient (Wildman–Crippen LogP) is 3.29. The number of ether oxygens (including phenoxy) is 1. The summed E-state index contributed by atoms with van der Waals surface area (Å²) in [6, 6.07) is 1.57. The van der Waals surface area contributed by atoms with Gasteiger partial charge in [0.05, 0.1) is 23.4 Å². The number of hydrogen-bond donors (Lipinski definition) is 0. The van der Waals surface area contributed by atoms with E-state index < -0.39 is 35.9 Å². The van der Waals surface area contributed by atoms with Crippen LogP contribution >= 0.6 is 0 Å². The molecular formula is C15H19BF4O3. The molecule has 2 rings (SSSR count). The Morgan fingerprint density at radius 3 is 2.04 bits per heavy atom. The van der Waals surface area contributed by atoms with Crippen molar-refractivity contribution in [3.63, 3.8) is 0 Å². The van der Waals surface area contributed by atoms with E-state index in [4.69, 9.17) is 14.0 Å². The Morgan fingerprint density at radius 2 is 1.61 bits per heavy atom. The minimum atomic E-state index is -4.72. The highest BCUT2D eigenvalue weighted by Gasteiger charge is 2.53. The normalized spacial score (nSPS) is 20.1. The number of rotatable bonds is 3. The fourth-order valence-corrected chi connectivity index (χ4v) is 2.31. The topological polar surface area (TPSA) is 27.7 Å². The van der Waals surface area contributed by atoms with Crippen LogP contribution in [-0.4, -0.2) is 25.4 Å². The second kappa shape index (κ2) is 5.75. The molecule has 0 saturated carbocycles. The average molecular weight is 334 g/mol. The maximum Gasteiger partial charge on any atom is 0.495 e. The molecule has 0 atom stereocenters. The Labute approximate surface area is 133 Å². The second-order valence-corrected chi connectivity index (χ2v) is 6.55. The van der Waals surface area contributed by atoms with Gasteiger partial charge in [-0.1, -0.05) is 6.07 Å². The zero-order valence-corrected chi connectivity index (χ0v) is 13.7. The number of methoxy groups -OCH3 is 1. The van der Waals surface area contributed by atoms with Crippen LogP contribution in [0.15, 0.2) is 12.1 Å². The molecule has 0 bridgehead atoms. The van der Waals surface area contributed by atoms with Crippen molar-refractivity contribution in [1.82, 2.24) is 0 Å². The minimum absolute atomic E-state index is 0.0187. The van der Waals surface area contributed by atoms with Gasteiger partial charge in [0.15, 0.2) is 0 Å². The second-order valence-electron chi connectivity index (χ2n) is 6.55. The molecule has 1 aromatic carbocycles. The van der Waals surface area contributed by atoms with Crippen LogP contribution in [0.3, 0.4) is 0 Å². The summed E-state index contributed by atoms with van der Waals surface area (Å²) >= 11 is 0. The first-order valence-corrected chi connectivity index (χ1v) is 7.13. The van der Waals surface area contributed by atoms with Gasteiger partial charge in [0, 0.05) is 12.7 Å². The van der Waals surface area contributed by atoms with E-state index in [0.717, 1.165) is 6.07 Å². The summed E-state index contributed by atoms with van der Waals surface area (Å²) in [7, 11) is 0.110. The highest BCUT2D eigenvalue weighted by Crippen LogP contribution is 2.38. The Morgan fingerprint density at radius 1 is 1.09 bits per heavy atom. The van der Waals surface area contributed by atoms with Crippen LogP contribution in [0.2, 0.25) is 0 Å². The third-order valence-corrected chi connectivity index (χ3v) is 4.33. The van der Waals surface area contributed by atoms with Crippen LogP contribution in [0.1, 0.15) is 38.8 Å². The van der Waals surface area contributed by atoms with Crippen molar-refractivity contribution < 1.29 is 31.6 Å². The van der Waals surface area contributed by atoms with E-state index in [1.807, 2.05) is 0 Å². The van der Waals surface area contributed by atoms with E-state index in [0.29, 0.717) is 6.07 Å². The molecule has 1 heterocycles. The van der Waals surface area contributed by atoms with E-state index in [9.17, 15) is 17.6 Å². The van der Waals surface area contributed by atoms with Gasteiger partial charge in [-0.05, 0) is 39.2 Å². The van der Waals surface area contributed by atoms with Crippen molar-refractivity contribution in [2.45, 2.75) is 51.7 Å². The first kappa shape index (κ1) is 18.2. The van der Waals surface area contributed by atoms with Crippen LogP contribution < -0.4 is 5.46 Å². The maximum absolute atomic E-state index is 13.9. The van der Waals surface area contributed by atoms with Crippen molar-refractivity contribution in [3.8, 4) is 0 Å². The fraction of sp³-hybridized carbons (Fsp3) is 0.600. The van der Waals surface area contributed by atoms with Gasteiger partial charge in [0.2, 0.25) is 0 Å². The van der Waals surface area contributed by atoms with E-state index in [1.165, 1.54) is 7.11 Å². The molecule has 128 valence electrons. The maximum atomic E-state index is 13.9. The summed E-state index contributed by atoms with van der Waals surface area (Å²) in [4.78, 5) is 0. The van der Waals surface area contributed by atoms with Crippen molar-refractivity contribution in [3.05, 3.63) is 29.1 Å². The molecule has 1 aliphatic heterocycles. The molecule has 3 nitrogen and oxygen atoms in total. The molecule has 1 fully saturated rings. The lowest BCUT2D eigenvalue weighted by atomic mass is 9.75. The molecule has 0 N–H and O–H groups in total. The van der Waals surface area contributed by atoms with Crippen molar-refractivity contribution in [2.75, 3.05) is 7.11 Å². The Hall–Kier alpha value is -1.12. The van der Waals surface area contributed by atoms with Gasteiger partial charge in [-0.2, -0.15) is 13.2 Å². The fourth-order valence-electron chi connectivity index (χ4n) is 2.31. The van der Waals surface area contributed by atoms with Gasteiger partial charge in [0.25, 0.3) is 0 Å². The lowest BCUT2D eigenvalue weighted by Gasteiger charge is -2.32. The average Bonchev–Trinajstić information content (AvgIpc) is 2.59. The standard InChI is InChI=1S/C15H19BF4O3/c1-13(2)14(3,4)23-16(22-13)11-6-9(8-21-5)12(17)7-10(11)15(18,19)20/h6-7H,8H2,1-5H3. The number of hydrogen-bond acceptors (Lipinski definition) is 3. The largest absolute Gasteiger partial charge is 0.495 e. The van der Waals surface area contributed by atoms with Crippen LogP contribution in [0.4, 0.5) is 17.6 Å². The minimum Gasteiger partial charge on any atom is -0.399 e. The highest BCUT2D eigenvalue weighted by molar-refractivity contribution is 6.62. The van der Waals surface area contributed by atoms with Gasteiger partial charge < -0.3 is 14.0 Å². The molecule has 0 radical (unpaired) electrons. The summed E-state index contributed by atoms with van der Waals surface area (Å²) in [5.41, 5.74) is -2.92. The molecule has 0 aromatic heterocycles. The molecule has 0 aliphatic carbocycles. The molecule has 0 spiro atoms. The van der Waals surface area contributed by atoms with Crippen LogP contribution in [0.5, 0.6) is 0 Å². The summed E-state index contributed by atoms with van der Waals surface area (Å²) in [5.74, 6) is -0.973. The molecule has 0 amide bonds. The van der Waals surface area contributed by atoms with Crippen molar-refractivity contribution >= 4 is 12.6 Å². The Kier molecular flexibility index (Phi) is 4.56. The third kappa shape index (κ3) is 3.39. The van der Waals surface area contributed by atoms with E-state index in [1.54, 1.807) is 27.7 Å². The Bertz CT molecular complexity index is 583. The smallest absolute Gasteiger partial charge is 0.399 e. The van der Waals surface area contributed by atoms with Crippen LogP contribution in [0, 0.1) is 5.82 Å². The molecule has 1 saturated heterocycles. The molecule has 0 unspecified atom stereocenters. The summed E-state index contributed by atoms with van der Waals surface area (Å²) in [5, 5.41) is 0. The van der Waals surface area contributed by atoms with Gasteiger partial charge in [-0.3, -0.25) is 0 Å². The van der Waals surface area contributed by atoms with Gasteiger partial charge in [-0.15, -0.1) is 0 Å². The summed E-state index contributed by atoms with van der Waals surface area (Å²) in [6.07, 6.45) is -4.72. The van der Waals surface area contributed by atoms with Gasteiger partial charge >= 0.3 is 13.3 Å². The van der Waals surface area contributed by atoms with Crippen molar-refractivity contribution in [1.29, 1.82) is 0 Å². The number of benzene rings is 1. The SMILES string of the molecule is COCc1cc(B2OC(C)(C)C(C)(C)O2)c(C(F)(F)F)cc1F. The molecule has 1 aromatic rings. The summed E-state index contributed by atoms with van der Waals surface area (Å²) in [6.45, 7) is 6.80. The first-order chi connectivity index (χ1) is 10.4. The van der Waals surface area contributed by atoms with Crippen LogP contribution in [-0.2, 0) is 26.8 Å².